The van der Waals surface area contributed by atoms with Crippen LogP contribution >= 0.6 is 0 Å². The van der Waals surface area contributed by atoms with Crippen LogP contribution in [0.2, 0.25) is 0 Å². The van der Waals surface area contributed by atoms with Crippen LogP contribution in [-0.2, 0) is 22.4 Å². The molecule has 59 heavy (non-hydrogen) atoms. The Morgan fingerprint density at radius 2 is 0.915 bits per heavy atom. The van der Waals surface area contributed by atoms with E-state index < -0.39 is 11.1 Å². The van der Waals surface area contributed by atoms with Crippen LogP contribution in [0.3, 0.4) is 0 Å². The van der Waals surface area contributed by atoms with Crippen LogP contribution in [0.5, 0.6) is 0 Å². The van der Waals surface area contributed by atoms with Crippen LogP contribution in [0.15, 0.2) is 133 Å². The molecule has 2 atom stereocenters. The van der Waals surface area contributed by atoms with Gasteiger partial charge >= 0.3 is 0 Å². The first-order chi connectivity index (χ1) is 29.0. The summed E-state index contributed by atoms with van der Waals surface area (Å²) in [5.41, 5.74) is 7.35. The van der Waals surface area contributed by atoms with E-state index in [1.54, 1.807) is 0 Å². The molecule has 0 saturated carbocycles. The summed E-state index contributed by atoms with van der Waals surface area (Å²) in [7, 11) is 0. The van der Waals surface area contributed by atoms with Crippen molar-refractivity contribution in [2.45, 2.75) is 68.1 Å². The molecule has 0 bridgehead atoms. The lowest BCUT2D eigenvalue weighted by Gasteiger charge is -2.46. The number of benzene rings is 6. The highest BCUT2D eigenvalue weighted by Crippen LogP contribution is 2.45. The highest BCUT2D eigenvalue weighted by molar-refractivity contribution is 5.95. The van der Waals surface area contributed by atoms with E-state index >= 15 is 0 Å². The fourth-order valence-electron chi connectivity index (χ4n) is 11.8. The van der Waals surface area contributed by atoms with Crippen molar-refractivity contribution in [3.8, 4) is 0 Å². The minimum Gasteiger partial charge on any atom is -0.339 e. The van der Waals surface area contributed by atoms with Gasteiger partial charge in [-0.15, -0.1) is 0 Å². The largest absolute Gasteiger partial charge is 0.339 e. The Labute approximate surface area is 346 Å². The number of para-hydroxylation sites is 2. The summed E-state index contributed by atoms with van der Waals surface area (Å²) in [6.07, 6.45) is 6.88. The Hall–Kier alpha value is -5.70. The third-order valence-corrected chi connectivity index (χ3v) is 14.8. The van der Waals surface area contributed by atoms with Gasteiger partial charge in [-0.25, -0.2) is 0 Å². The number of hydrogen-bond acceptors (Lipinski definition) is 6. The van der Waals surface area contributed by atoms with Gasteiger partial charge in [0.25, 0.3) is 0 Å². The SMILES string of the molecule is O=C1NCN(c2ccccc2)C12CCN(C1CCc3cccc4cccc1c34)CC2.O=C1NCN(c2ccccc2)C12CCN([C@@H]1Cc3cccc4cccc1c34)CC2. The lowest BCUT2D eigenvalue weighted by molar-refractivity contribution is -0.126. The van der Waals surface area contributed by atoms with Crippen molar-refractivity contribution in [1.29, 1.82) is 0 Å². The van der Waals surface area contributed by atoms with Gasteiger partial charge in [0, 0.05) is 49.6 Å². The number of hydrogen-bond donors (Lipinski definition) is 2. The number of anilines is 2. The molecule has 2 spiro atoms. The fraction of sp³-hybridized carbons (Fsp3) is 0.333. The summed E-state index contributed by atoms with van der Waals surface area (Å²) in [6.45, 7) is 5.04. The summed E-state index contributed by atoms with van der Waals surface area (Å²) in [4.78, 5) is 35.7. The summed E-state index contributed by atoms with van der Waals surface area (Å²) < 4.78 is 0. The van der Waals surface area contributed by atoms with E-state index in [0.717, 1.165) is 82.5 Å². The molecule has 0 aromatic heterocycles. The number of carbonyl (C=O) groups is 2. The molecule has 1 unspecified atom stereocenters. The molecular formula is C51H52N6O2. The molecular weight excluding hydrogens is 729 g/mol. The van der Waals surface area contributed by atoms with Crippen molar-refractivity contribution in [2.24, 2.45) is 0 Å². The van der Waals surface area contributed by atoms with Crippen molar-refractivity contribution in [3.63, 3.8) is 0 Å². The zero-order chi connectivity index (χ0) is 39.6. The second kappa shape index (κ2) is 14.5. The topological polar surface area (TPSA) is 71.2 Å². The van der Waals surface area contributed by atoms with Gasteiger partial charge in [0.2, 0.25) is 11.8 Å². The highest BCUT2D eigenvalue weighted by Gasteiger charge is 2.52. The van der Waals surface area contributed by atoms with Gasteiger partial charge in [0.15, 0.2) is 0 Å². The molecule has 4 heterocycles. The van der Waals surface area contributed by atoms with Crippen molar-refractivity contribution >= 4 is 44.7 Å². The summed E-state index contributed by atoms with van der Waals surface area (Å²) in [6, 6.07) is 48.5. The predicted molar refractivity (Wildman–Crippen MR) is 236 cm³/mol. The number of likely N-dealkylation sites (tertiary alicyclic amines) is 2. The van der Waals surface area contributed by atoms with E-state index in [0.29, 0.717) is 25.4 Å². The van der Waals surface area contributed by atoms with Crippen LogP contribution < -0.4 is 20.4 Å². The predicted octanol–water partition coefficient (Wildman–Crippen LogP) is 8.12. The third kappa shape index (κ3) is 5.94. The Kier molecular flexibility index (Phi) is 8.97. The van der Waals surface area contributed by atoms with Crippen molar-refractivity contribution in [3.05, 3.63) is 156 Å². The molecule has 2 amide bonds. The Morgan fingerprint density at radius 1 is 0.475 bits per heavy atom. The van der Waals surface area contributed by atoms with E-state index in [9.17, 15) is 9.59 Å². The van der Waals surface area contributed by atoms with Crippen molar-refractivity contribution in [1.82, 2.24) is 20.4 Å². The average Bonchev–Trinajstić information content (AvgIpc) is 3.94. The summed E-state index contributed by atoms with van der Waals surface area (Å²) >= 11 is 0. The first-order valence-corrected chi connectivity index (χ1v) is 21.7. The van der Waals surface area contributed by atoms with E-state index in [2.05, 4.69) is 152 Å². The zero-order valence-corrected chi connectivity index (χ0v) is 33.7. The van der Waals surface area contributed by atoms with Crippen LogP contribution in [0, 0.1) is 0 Å². The van der Waals surface area contributed by atoms with Gasteiger partial charge in [0.1, 0.15) is 11.1 Å². The number of aryl methyl sites for hydroxylation is 1. The summed E-state index contributed by atoms with van der Waals surface area (Å²) in [5.74, 6) is 0.389. The molecule has 6 aromatic carbocycles. The van der Waals surface area contributed by atoms with Crippen LogP contribution in [0.1, 0.15) is 66.4 Å². The molecule has 298 valence electrons. The Bertz CT molecular complexity index is 2530. The van der Waals surface area contributed by atoms with E-state index in [1.165, 1.54) is 43.8 Å². The normalized spacial score (nSPS) is 23.1. The van der Waals surface area contributed by atoms with Crippen LogP contribution in [-0.4, -0.2) is 72.2 Å². The highest BCUT2D eigenvalue weighted by atomic mass is 16.2. The number of nitrogens with one attached hydrogen (secondary N) is 2. The second-order valence-corrected chi connectivity index (χ2v) is 17.5. The lowest BCUT2D eigenvalue weighted by Crippen LogP contribution is -2.56. The molecule has 4 saturated heterocycles. The molecule has 4 aliphatic heterocycles. The maximum atomic E-state index is 13.0. The molecule has 8 nitrogen and oxygen atoms in total. The molecule has 12 rings (SSSR count). The second-order valence-electron chi connectivity index (χ2n) is 17.5. The molecule has 2 N–H and O–H groups in total. The van der Waals surface area contributed by atoms with Crippen LogP contribution in [0.4, 0.5) is 11.4 Å². The third-order valence-electron chi connectivity index (χ3n) is 14.8. The molecule has 2 aliphatic carbocycles. The quantitative estimate of drug-likeness (QED) is 0.189. The van der Waals surface area contributed by atoms with E-state index in [1.807, 2.05) is 12.1 Å². The molecule has 0 radical (unpaired) electrons. The van der Waals surface area contributed by atoms with E-state index in [4.69, 9.17) is 0 Å². The Morgan fingerprint density at radius 3 is 1.44 bits per heavy atom. The first kappa shape index (κ1) is 36.4. The minimum atomic E-state index is -0.407. The number of piperidine rings is 2. The van der Waals surface area contributed by atoms with Gasteiger partial charge in [-0.1, -0.05) is 109 Å². The van der Waals surface area contributed by atoms with Gasteiger partial charge in [-0.3, -0.25) is 19.4 Å². The number of carbonyl (C=O) groups excluding carboxylic acids is 2. The fourth-order valence-corrected chi connectivity index (χ4v) is 11.8. The molecule has 4 fully saturated rings. The molecule has 8 heteroatoms. The van der Waals surface area contributed by atoms with Gasteiger partial charge in [-0.2, -0.15) is 0 Å². The van der Waals surface area contributed by atoms with Gasteiger partial charge in [0.05, 0.1) is 13.3 Å². The smallest absolute Gasteiger partial charge is 0.247 e. The first-order valence-electron chi connectivity index (χ1n) is 21.7. The number of nitrogens with zero attached hydrogens (tertiary/aromatic N) is 4. The zero-order valence-electron chi connectivity index (χ0n) is 33.7. The maximum Gasteiger partial charge on any atom is 0.247 e. The standard InChI is InChI=1S/C26H27N3O.C25H25N3O/c30-25-26(29(18-27-25)21-9-2-1-3-10-21)14-16-28(17-15-26)23-13-12-20-7-4-6-19-8-5-11-22(23)24(19)20;29-24-25(28(17-26-24)20-9-2-1-3-10-20)12-14-27(15-13-25)22-16-19-8-4-6-18-7-5-11-21(22)23(18)19/h1-11,23H,12-18H2,(H,27,30);1-11,22H,12-17H2,(H,26,29)/t;22-/m.1/s1. The molecule has 6 aliphatic rings. The number of rotatable bonds is 4. The number of amides is 2. The minimum absolute atomic E-state index is 0.192. The Balaban J connectivity index is 0.000000135. The lowest BCUT2D eigenvalue weighted by atomic mass is 9.81. The average molecular weight is 781 g/mol. The van der Waals surface area contributed by atoms with Crippen LogP contribution in [0.25, 0.3) is 21.5 Å². The maximum absolute atomic E-state index is 13.0. The van der Waals surface area contributed by atoms with Crippen molar-refractivity contribution < 1.29 is 9.59 Å². The van der Waals surface area contributed by atoms with Gasteiger partial charge < -0.3 is 20.4 Å². The summed E-state index contributed by atoms with van der Waals surface area (Å²) in [5, 5.41) is 11.8. The van der Waals surface area contributed by atoms with E-state index in [-0.39, 0.29) is 11.8 Å². The monoisotopic (exact) mass is 780 g/mol. The van der Waals surface area contributed by atoms with Gasteiger partial charge in [-0.05, 0) is 113 Å². The van der Waals surface area contributed by atoms with Crippen molar-refractivity contribution in [2.75, 3.05) is 49.3 Å². The molecule has 6 aromatic rings.